The Balaban J connectivity index is 3.14. The van der Waals surface area contributed by atoms with Crippen LogP contribution in [0.1, 0.15) is 84.0 Å². The smallest absolute Gasteiger partial charge is 0.0169 e. The third kappa shape index (κ3) is 17.2. The molecule has 110 valence electrons. The Morgan fingerprint density at radius 1 is 0.632 bits per heavy atom. The van der Waals surface area contributed by atoms with Crippen LogP contribution in [-0.2, 0) is 0 Å². The van der Waals surface area contributed by atoms with Crippen LogP contribution in [0.5, 0.6) is 0 Å². The number of hydrogen-bond donors (Lipinski definition) is 0. The van der Waals surface area contributed by atoms with E-state index in [-0.39, 0.29) is 0 Å². The monoisotopic (exact) mass is 262 g/mol. The molecule has 0 aromatic rings. The van der Waals surface area contributed by atoms with E-state index in [0.717, 1.165) is 6.42 Å². The van der Waals surface area contributed by atoms with Crippen molar-refractivity contribution in [3.05, 3.63) is 37.0 Å². The van der Waals surface area contributed by atoms with Crippen molar-refractivity contribution in [1.82, 2.24) is 0 Å². The van der Waals surface area contributed by atoms with Crippen LogP contribution < -0.4 is 0 Å². The van der Waals surface area contributed by atoms with Crippen LogP contribution in [0.2, 0.25) is 0 Å². The van der Waals surface area contributed by atoms with Crippen molar-refractivity contribution >= 4 is 0 Å². The lowest BCUT2D eigenvalue weighted by atomic mass is 10.1. The lowest BCUT2D eigenvalue weighted by molar-refractivity contribution is 0.622. The number of allylic oxidation sites excluding steroid dienone is 5. The van der Waals surface area contributed by atoms with Crippen LogP contribution in [0.25, 0.3) is 0 Å². The standard InChI is InChI=1S/C19H34/c1-3-5-7-9-11-13-15-17-19-18-16-14-12-10-8-6-4-2/h3,12,14,18-19H,1,4-11,13,15-17H2,2H3/b14-12+,19-18+. The lowest BCUT2D eigenvalue weighted by Gasteiger charge is -1.97. The van der Waals surface area contributed by atoms with E-state index < -0.39 is 0 Å². The summed E-state index contributed by atoms with van der Waals surface area (Å²) in [6, 6.07) is 0. The molecule has 0 N–H and O–H groups in total. The van der Waals surface area contributed by atoms with Gasteiger partial charge in [-0.05, 0) is 44.9 Å². The first kappa shape index (κ1) is 18.2. The SMILES string of the molecule is C=CCCCCCCC/C=C/C/C=C/CCCCC. The molecule has 0 fully saturated rings. The highest BCUT2D eigenvalue weighted by molar-refractivity contribution is 4.92. The van der Waals surface area contributed by atoms with Crippen LogP contribution >= 0.6 is 0 Å². The minimum atomic E-state index is 1.12. The highest BCUT2D eigenvalue weighted by Crippen LogP contribution is 2.08. The summed E-state index contributed by atoms with van der Waals surface area (Å²) in [6.07, 6.45) is 27.0. The van der Waals surface area contributed by atoms with Gasteiger partial charge in [0.2, 0.25) is 0 Å². The average Bonchev–Trinajstić information content (AvgIpc) is 2.43. The van der Waals surface area contributed by atoms with Gasteiger partial charge in [-0.2, -0.15) is 0 Å². The van der Waals surface area contributed by atoms with Gasteiger partial charge in [-0.15, -0.1) is 6.58 Å². The van der Waals surface area contributed by atoms with Crippen molar-refractivity contribution in [2.45, 2.75) is 84.0 Å². The number of hydrogen-bond acceptors (Lipinski definition) is 0. The van der Waals surface area contributed by atoms with E-state index >= 15 is 0 Å². The Morgan fingerprint density at radius 2 is 1.16 bits per heavy atom. The van der Waals surface area contributed by atoms with Gasteiger partial charge in [0, 0.05) is 0 Å². The van der Waals surface area contributed by atoms with Crippen molar-refractivity contribution in [2.75, 3.05) is 0 Å². The summed E-state index contributed by atoms with van der Waals surface area (Å²) >= 11 is 0. The van der Waals surface area contributed by atoms with Gasteiger partial charge in [-0.1, -0.05) is 69.4 Å². The molecule has 0 saturated carbocycles. The molecule has 0 aliphatic rings. The Kier molecular flexibility index (Phi) is 16.5. The third-order valence-electron chi connectivity index (χ3n) is 3.36. The maximum Gasteiger partial charge on any atom is -0.0169 e. The first-order chi connectivity index (χ1) is 9.41. The van der Waals surface area contributed by atoms with Gasteiger partial charge < -0.3 is 0 Å². The zero-order chi connectivity index (χ0) is 14.0. The normalized spacial score (nSPS) is 11.6. The first-order valence-electron chi connectivity index (χ1n) is 8.32. The van der Waals surface area contributed by atoms with Gasteiger partial charge in [-0.25, -0.2) is 0 Å². The highest BCUT2D eigenvalue weighted by Gasteiger charge is 1.88. The van der Waals surface area contributed by atoms with Crippen molar-refractivity contribution in [3.8, 4) is 0 Å². The van der Waals surface area contributed by atoms with Gasteiger partial charge >= 0.3 is 0 Å². The first-order valence-corrected chi connectivity index (χ1v) is 8.32. The second-order valence-corrected chi connectivity index (χ2v) is 5.31. The summed E-state index contributed by atoms with van der Waals surface area (Å²) in [6.45, 7) is 6.01. The summed E-state index contributed by atoms with van der Waals surface area (Å²) in [7, 11) is 0. The number of rotatable bonds is 14. The minimum absolute atomic E-state index is 1.12. The van der Waals surface area contributed by atoms with Crippen LogP contribution in [-0.4, -0.2) is 0 Å². The number of unbranched alkanes of at least 4 members (excludes halogenated alkanes) is 9. The quantitative estimate of drug-likeness (QED) is 0.234. The van der Waals surface area contributed by atoms with Crippen molar-refractivity contribution in [3.63, 3.8) is 0 Å². The predicted octanol–water partition coefficient (Wildman–Crippen LogP) is 6.99. The van der Waals surface area contributed by atoms with E-state index in [2.05, 4.69) is 37.8 Å². The Labute approximate surface area is 121 Å². The van der Waals surface area contributed by atoms with E-state index in [1.165, 1.54) is 70.6 Å². The summed E-state index contributed by atoms with van der Waals surface area (Å²) in [4.78, 5) is 0. The molecule has 0 atom stereocenters. The van der Waals surface area contributed by atoms with Gasteiger partial charge in [0.15, 0.2) is 0 Å². The lowest BCUT2D eigenvalue weighted by Crippen LogP contribution is -1.77. The molecule has 0 aromatic carbocycles. The highest BCUT2D eigenvalue weighted by atomic mass is 13.9. The summed E-state index contributed by atoms with van der Waals surface area (Å²) in [5.74, 6) is 0. The van der Waals surface area contributed by atoms with Crippen LogP contribution in [0, 0.1) is 0 Å². The minimum Gasteiger partial charge on any atom is -0.103 e. The Hall–Kier alpha value is -0.780. The molecular weight excluding hydrogens is 228 g/mol. The molecule has 0 saturated heterocycles. The molecule has 0 nitrogen and oxygen atoms in total. The molecule has 0 heteroatoms. The molecule has 0 unspecified atom stereocenters. The molecule has 0 aromatic heterocycles. The van der Waals surface area contributed by atoms with Crippen molar-refractivity contribution < 1.29 is 0 Å². The molecule has 0 spiro atoms. The van der Waals surface area contributed by atoms with E-state index in [9.17, 15) is 0 Å². The van der Waals surface area contributed by atoms with E-state index in [1.807, 2.05) is 6.08 Å². The molecular formula is C19H34. The summed E-state index contributed by atoms with van der Waals surface area (Å²) in [5.41, 5.74) is 0. The van der Waals surface area contributed by atoms with Gasteiger partial charge in [0.25, 0.3) is 0 Å². The molecule has 0 aliphatic heterocycles. The second-order valence-electron chi connectivity index (χ2n) is 5.31. The van der Waals surface area contributed by atoms with Crippen LogP contribution in [0.4, 0.5) is 0 Å². The maximum absolute atomic E-state index is 3.75. The Morgan fingerprint density at radius 3 is 1.74 bits per heavy atom. The summed E-state index contributed by atoms with van der Waals surface area (Å²) < 4.78 is 0. The van der Waals surface area contributed by atoms with Gasteiger partial charge in [0.1, 0.15) is 0 Å². The van der Waals surface area contributed by atoms with E-state index in [4.69, 9.17) is 0 Å². The van der Waals surface area contributed by atoms with E-state index in [0.29, 0.717) is 0 Å². The van der Waals surface area contributed by atoms with E-state index in [1.54, 1.807) is 0 Å². The fourth-order valence-corrected chi connectivity index (χ4v) is 2.10. The fourth-order valence-electron chi connectivity index (χ4n) is 2.10. The maximum atomic E-state index is 3.75. The largest absolute Gasteiger partial charge is 0.103 e. The molecule has 19 heavy (non-hydrogen) atoms. The second kappa shape index (κ2) is 17.2. The van der Waals surface area contributed by atoms with Crippen LogP contribution in [0.3, 0.4) is 0 Å². The average molecular weight is 262 g/mol. The topological polar surface area (TPSA) is 0 Å². The fraction of sp³-hybridized carbons (Fsp3) is 0.684. The molecule has 0 bridgehead atoms. The molecule has 0 radical (unpaired) electrons. The van der Waals surface area contributed by atoms with Crippen LogP contribution in [0.15, 0.2) is 37.0 Å². The molecule has 0 aliphatic carbocycles. The van der Waals surface area contributed by atoms with Crippen molar-refractivity contribution in [2.24, 2.45) is 0 Å². The van der Waals surface area contributed by atoms with Gasteiger partial charge in [-0.3, -0.25) is 0 Å². The zero-order valence-electron chi connectivity index (χ0n) is 13.1. The molecule has 0 amide bonds. The molecule has 0 rings (SSSR count). The summed E-state index contributed by atoms with van der Waals surface area (Å²) in [5, 5.41) is 0. The third-order valence-corrected chi connectivity index (χ3v) is 3.36. The van der Waals surface area contributed by atoms with Gasteiger partial charge in [0.05, 0.1) is 0 Å². The Bertz CT molecular complexity index is 222. The predicted molar refractivity (Wildman–Crippen MR) is 89.6 cm³/mol. The zero-order valence-corrected chi connectivity index (χ0v) is 13.1. The van der Waals surface area contributed by atoms with Crippen molar-refractivity contribution in [1.29, 1.82) is 0 Å². The molecule has 0 heterocycles.